The highest BCUT2D eigenvalue weighted by molar-refractivity contribution is 7.09. The van der Waals surface area contributed by atoms with Gasteiger partial charge in [0.25, 0.3) is 0 Å². The number of nitrogens with one attached hydrogen (secondary N) is 1. The lowest BCUT2D eigenvalue weighted by Crippen LogP contribution is -2.48. The predicted octanol–water partition coefficient (Wildman–Crippen LogP) is 2.15. The van der Waals surface area contributed by atoms with Crippen molar-refractivity contribution in [3.05, 3.63) is 22.4 Å². The van der Waals surface area contributed by atoms with Crippen LogP contribution in [0.3, 0.4) is 0 Å². The number of carbonyl (C=O) groups excluding carboxylic acids is 1. The maximum absolute atomic E-state index is 11.9. The van der Waals surface area contributed by atoms with Crippen molar-refractivity contribution in [3.63, 3.8) is 0 Å². The number of morpholine rings is 1. The van der Waals surface area contributed by atoms with Gasteiger partial charge < -0.3 is 10.1 Å². The highest BCUT2D eigenvalue weighted by Gasteiger charge is 2.21. The largest absolute Gasteiger partial charge is 0.374 e. The molecule has 1 atom stereocenters. The third kappa shape index (κ3) is 6.16. The van der Waals surface area contributed by atoms with Crippen LogP contribution < -0.4 is 5.32 Å². The zero-order chi connectivity index (χ0) is 15.1. The van der Waals surface area contributed by atoms with Crippen LogP contribution in [0.2, 0.25) is 0 Å². The molecule has 2 rings (SSSR count). The van der Waals surface area contributed by atoms with Crippen LogP contribution in [-0.2, 0) is 16.0 Å². The van der Waals surface area contributed by atoms with Crippen molar-refractivity contribution in [3.8, 4) is 0 Å². The number of amides is 1. The van der Waals surface area contributed by atoms with E-state index in [2.05, 4.69) is 30.1 Å². The number of rotatable bonds is 7. The van der Waals surface area contributed by atoms with Crippen molar-refractivity contribution in [2.45, 2.75) is 32.8 Å². The standard InChI is InChI=1S/C16H26N2O2S/c1-13(2)11-18-7-8-20-14(12-18)10-17-16(19)6-5-15-4-3-9-21-15/h3-4,9,13-14H,5-8,10-12H2,1-2H3,(H,17,19). The van der Waals surface area contributed by atoms with E-state index >= 15 is 0 Å². The van der Waals surface area contributed by atoms with Gasteiger partial charge in [-0.25, -0.2) is 0 Å². The molecule has 1 aliphatic heterocycles. The molecule has 118 valence electrons. The zero-order valence-electron chi connectivity index (χ0n) is 13.0. The molecule has 1 aromatic rings. The van der Waals surface area contributed by atoms with E-state index in [1.165, 1.54) is 4.88 Å². The van der Waals surface area contributed by atoms with Gasteiger partial charge in [-0.3, -0.25) is 9.69 Å². The molecule has 0 aliphatic carbocycles. The van der Waals surface area contributed by atoms with Gasteiger partial charge in [0.1, 0.15) is 0 Å². The van der Waals surface area contributed by atoms with Gasteiger partial charge in [-0.05, 0) is 23.8 Å². The van der Waals surface area contributed by atoms with E-state index in [0.717, 1.165) is 32.7 Å². The SMILES string of the molecule is CC(C)CN1CCOC(CNC(=O)CCc2cccs2)C1. The summed E-state index contributed by atoms with van der Waals surface area (Å²) >= 11 is 1.71. The molecule has 0 radical (unpaired) electrons. The molecule has 21 heavy (non-hydrogen) atoms. The van der Waals surface area contributed by atoms with Crippen molar-refractivity contribution in [1.29, 1.82) is 0 Å². The number of nitrogens with zero attached hydrogens (tertiary/aromatic N) is 1. The molecule has 1 amide bonds. The van der Waals surface area contributed by atoms with Crippen LogP contribution in [0.5, 0.6) is 0 Å². The molecule has 1 aliphatic rings. The Morgan fingerprint density at radius 1 is 1.57 bits per heavy atom. The second kappa shape index (κ2) is 8.51. The van der Waals surface area contributed by atoms with E-state index in [1.807, 2.05) is 11.4 Å². The first-order valence-electron chi connectivity index (χ1n) is 7.76. The van der Waals surface area contributed by atoms with E-state index in [4.69, 9.17) is 4.74 Å². The fourth-order valence-electron chi connectivity index (χ4n) is 2.59. The zero-order valence-corrected chi connectivity index (χ0v) is 13.8. The van der Waals surface area contributed by atoms with Crippen molar-refractivity contribution in [2.24, 2.45) is 5.92 Å². The summed E-state index contributed by atoms with van der Waals surface area (Å²) < 4.78 is 5.74. The van der Waals surface area contributed by atoms with Crippen molar-refractivity contribution in [2.75, 3.05) is 32.8 Å². The molecule has 1 aromatic heterocycles. The molecular formula is C16H26N2O2S. The highest BCUT2D eigenvalue weighted by atomic mass is 32.1. The predicted molar refractivity (Wildman–Crippen MR) is 86.7 cm³/mol. The first-order chi connectivity index (χ1) is 10.1. The minimum absolute atomic E-state index is 0.119. The summed E-state index contributed by atoms with van der Waals surface area (Å²) in [6.07, 6.45) is 1.51. The minimum Gasteiger partial charge on any atom is -0.374 e. The Labute approximate surface area is 131 Å². The van der Waals surface area contributed by atoms with Gasteiger partial charge in [0.05, 0.1) is 12.7 Å². The summed E-state index contributed by atoms with van der Waals surface area (Å²) in [6, 6.07) is 4.10. The average Bonchev–Trinajstić information content (AvgIpc) is 2.96. The quantitative estimate of drug-likeness (QED) is 0.839. The fourth-order valence-corrected chi connectivity index (χ4v) is 3.30. The summed E-state index contributed by atoms with van der Waals surface area (Å²) in [6.45, 7) is 8.88. The van der Waals surface area contributed by atoms with E-state index < -0.39 is 0 Å². The number of carbonyl (C=O) groups is 1. The third-order valence-electron chi connectivity index (χ3n) is 3.55. The highest BCUT2D eigenvalue weighted by Crippen LogP contribution is 2.11. The maximum Gasteiger partial charge on any atom is 0.220 e. The molecule has 4 nitrogen and oxygen atoms in total. The lowest BCUT2D eigenvalue weighted by atomic mass is 10.2. The summed E-state index contributed by atoms with van der Waals surface area (Å²) in [5.41, 5.74) is 0. The van der Waals surface area contributed by atoms with Gasteiger partial charge in [0, 0.05) is 37.5 Å². The van der Waals surface area contributed by atoms with Crippen LogP contribution in [0, 0.1) is 5.92 Å². The second-order valence-electron chi connectivity index (χ2n) is 6.03. The van der Waals surface area contributed by atoms with Gasteiger partial charge in [-0.15, -0.1) is 11.3 Å². The van der Waals surface area contributed by atoms with E-state index in [0.29, 0.717) is 18.9 Å². The van der Waals surface area contributed by atoms with Crippen LogP contribution in [0.4, 0.5) is 0 Å². The molecule has 0 saturated carbocycles. The Balaban J connectivity index is 1.63. The Kier molecular flexibility index (Phi) is 6.67. The van der Waals surface area contributed by atoms with Crippen molar-refractivity contribution in [1.82, 2.24) is 10.2 Å². The third-order valence-corrected chi connectivity index (χ3v) is 4.49. The Morgan fingerprint density at radius 2 is 2.43 bits per heavy atom. The number of hydrogen-bond acceptors (Lipinski definition) is 4. The topological polar surface area (TPSA) is 41.6 Å². The van der Waals surface area contributed by atoms with Gasteiger partial charge in [-0.2, -0.15) is 0 Å². The summed E-state index contributed by atoms with van der Waals surface area (Å²) in [5.74, 6) is 0.789. The van der Waals surface area contributed by atoms with Crippen LogP contribution >= 0.6 is 11.3 Å². The number of hydrogen-bond donors (Lipinski definition) is 1. The van der Waals surface area contributed by atoms with Gasteiger partial charge in [-0.1, -0.05) is 19.9 Å². The molecule has 5 heteroatoms. The minimum atomic E-state index is 0.119. The molecule has 1 fully saturated rings. The molecule has 1 N–H and O–H groups in total. The molecule has 0 bridgehead atoms. The molecule has 1 saturated heterocycles. The molecular weight excluding hydrogens is 284 g/mol. The van der Waals surface area contributed by atoms with Crippen molar-refractivity contribution < 1.29 is 9.53 Å². The van der Waals surface area contributed by atoms with Gasteiger partial charge in [0.15, 0.2) is 0 Å². The van der Waals surface area contributed by atoms with Crippen LogP contribution in [0.15, 0.2) is 17.5 Å². The van der Waals surface area contributed by atoms with Crippen LogP contribution in [0.1, 0.15) is 25.1 Å². The molecule has 0 spiro atoms. The number of aryl methyl sites for hydroxylation is 1. The fraction of sp³-hybridized carbons (Fsp3) is 0.688. The van der Waals surface area contributed by atoms with E-state index in [9.17, 15) is 4.79 Å². The Bertz CT molecular complexity index is 420. The van der Waals surface area contributed by atoms with Crippen molar-refractivity contribution >= 4 is 17.2 Å². The molecule has 1 unspecified atom stereocenters. The Hall–Kier alpha value is -0.910. The smallest absolute Gasteiger partial charge is 0.220 e. The number of ether oxygens (including phenoxy) is 1. The first-order valence-corrected chi connectivity index (χ1v) is 8.64. The average molecular weight is 310 g/mol. The molecule has 2 heterocycles. The first kappa shape index (κ1) is 16.5. The van der Waals surface area contributed by atoms with E-state index in [-0.39, 0.29) is 12.0 Å². The van der Waals surface area contributed by atoms with Gasteiger partial charge in [0.2, 0.25) is 5.91 Å². The number of thiophene rings is 1. The summed E-state index contributed by atoms with van der Waals surface area (Å²) in [7, 11) is 0. The lowest BCUT2D eigenvalue weighted by molar-refractivity contribution is -0.122. The van der Waals surface area contributed by atoms with Crippen LogP contribution in [-0.4, -0.2) is 49.7 Å². The lowest BCUT2D eigenvalue weighted by Gasteiger charge is -2.33. The van der Waals surface area contributed by atoms with E-state index in [1.54, 1.807) is 11.3 Å². The van der Waals surface area contributed by atoms with Crippen LogP contribution in [0.25, 0.3) is 0 Å². The second-order valence-corrected chi connectivity index (χ2v) is 7.06. The normalized spacial score (nSPS) is 19.9. The molecule has 0 aromatic carbocycles. The maximum atomic E-state index is 11.9. The Morgan fingerprint density at radius 3 is 3.14 bits per heavy atom. The monoisotopic (exact) mass is 310 g/mol. The summed E-state index contributed by atoms with van der Waals surface area (Å²) in [5, 5.41) is 5.05. The van der Waals surface area contributed by atoms with Gasteiger partial charge >= 0.3 is 0 Å². The summed E-state index contributed by atoms with van der Waals surface area (Å²) in [4.78, 5) is 15.6.